The van der Waals surface area contributed by atoms with Gasteiger partial charge in [-0.3, -0.25) is 4.90 Å². The number of hydrogen-bond donors (Lipinski definition) is 2. The smallest absolute Gasteiger partial charge is 0.175 e. The minimum atomic E-state index is -3.15. The maximum atomic E-state index is 11.6. The van der Waals surface area contributed by atoms with E-state index in [9.17, 15) is 8.42 Å². The third-order valence-corrected chi connectivity index (χ3v) is 6.69. The van der Waals surface area contributed by atoms with Crippen molar-refractivity contribution < 1.29 is 8.42 Å². The van der Waals surface area contributed by atoms with Crippen molar-refractivity contribution in [1.29, 1.82) is 0 Å². The Kier molecular flexibility index (Phi) is 5.07. The maximum Gasteiger partial charge on any atom is 0.175 e. The van der Waals surface area contributed by atoms with E-state index in [0.717, 1.165) is 48.3 Å². The Bertz CT molecular complexity index is 1050. The second-order valence-electron chi connectivity index (χ2n) is 7.43. The molecule has 2 N–H and O–H groups in total. The van der Waals surface area contributed by atoms with Crippen molar-refractivity contribution in [3.8, 4) is 0 Å². The zero-order valence-electron chi connectivity index (χ0n) is 16.1. The molecule has 0 spiro atoms. The Morgan fingerprint density at radius 2 is 1.86 bits per heavy atom. The molecule has 1 aliphatic heterocycles. The molecule has 4 rings (SSSR count). The number of rotatable bonds is 5. The summed E-state index contributed by atoms with van der Waals surface area (Å²) in [6, 6.07) is 9.88. The van der Waals surface area contributed by atoms with E-state index < -0.39 is 9.84 Å². The van der Waals surface area contributed by atoms with Crippen LogP contribution in [0.2, 0.25) is 0 Å². The van der Waals surface area contributed by atoms with Crippen LogP contribution in [0, 0.1) is 0 Å². The summed E-state index contributed by atoms with van der Waals surface area (Å²) in [5.41, 5.74) is 1.99. The summed E-state index contributed by atoms with van der Waals surface area (Å²) < 4.78 is 23.3. The lowest BCUT2D eigenvalue weighted by atomic mass is 10.00. The molecular formula is C20H25N5O2S. The molecule has 0 radical (unpaired) electrons. The van der Waals surface area contributed by atoms with Crippen molar-refractivity contribution in [3.05, 3.63) is 48.4 Å². The van der Waals surface area contributed by atoms with Crippen molar-refractivity contribution in [1.82, 2.24) is 19.9 Å². The van der Waals surface area contributed by atoms with E-state index in [1.807, 2.05) is 24.4 Å². The van der Waals surface area contributed by atoms with Crippen molar-refractivity contribution in [3.63, 3.8) is 0 Å². The number of likely N-dealkylation sites (tertiary alicyclic amines) is 1. The second kappa shape index (κ2) is 7.52. The van der Waals surface area contributed by atoms with Crippen LogP contribution in [-0.4, -0.2) is 53.7 Å². The number of benzene rings is 1. The molecule has 7 nitrogen and oxygen atoms in total. The first-order valence-electron chi connectivity index (χ1n) is 9.50. The highest BCUT2D eigenvalue weighted by Gasteiger charge is 2.24. The number of anilines is 1. The topological polar surface area (TPSA) is 91.0 Å². The summed E-state index contributed by atoms with van der Waals surface area (Å²) >= 11 is 0. The fraction of sp³-hybridized carbons (Fsp3) is 0.400. The van der Waals surface area contributed by atoms with Gasteiger partial charge in [0, 0.05) is 37.6 Å². The zero-order valence-corrected chi connectivity index (χ0v) is 16.9. The number of aromatic amines is 1. The summed E-state index contributed by atoms with van der Waals surface area (Å²) in [5, 5.41) is 4.59. The highest BCUT2D eigenvalue weighted by molar-refractivity contribution is 7.90. The standard InChI is InChI=1S/C20H25N5O2S/c1-14(15-3-5-17(6-4-15)28(2,26)27)25-11-8-16(9-12-25)24-20-18-7-10-21-19(18)22-13-23-20/h3-7,10,13-14,16H,8-9,11-12H2,1-2H3,(H2,21,22,23,24). The minimum Gasteiger partial charge on any atom is -0.367 e. The quantitative estimate of drug-likeness (QED) is 0.685. The Morgan fingerprint density at radius 1 is 1.14 bits per heavy atom. The van der Waals surface area contributed by atoms with Crippen molar-refractivity contribution >= 4 is 26.7 Å². The van der Waals surface area contributed by atoms with Gasteiger partial charge in [-0.2, -0.15) is 0 Å². The predicted octanol–water partition coefficient (Wildman–Crippen LogP) is 3.00. The molecule has 2 aromatic heterocycles. The third-order valence-electron chi connectivity index (χ3n) is 5.56. The van der Waals surface area contributed by atoms with E-state index in [4.69, 9.17) is 0 Å². The number of fused-ring (bicyclic) bond motifs is 1. The van der Waals surface area contributed by atoms with Gasteiger partial charge in [0.25, 0.3) is 0 Å². The van der Waals surface area contributed by atoms with Crippen LogP contribution in [0.4, 0.5) is 5.82 Å². The Morgan fingerprint density at radius 3 is 2.54 bits per heavy atom. The van der Waals surface area contributed by atoms with Gasteiger partial charge in [-0.05, 0) is 43.5 Å². The van der Waals surface area contributed by atoms with E-state index in [1.165, 1.54) is 6.26 Å². The summed E-state index contributed by atoms with van der Waals surface area (Å²) in [6.07, 6.45) is 6.76. The van der Waals surface area contributed by atoms with Gasteiger partial charge in [0.05, 0.1) is 10.3 Å². The average molecular weight is 400 g/mol. The van der Waals surface area contributed by atoms with E-state index in [-0.39, 0.29) is 6.04 Å². The molecule has 0 amide bonds. The van der Waals surface area contributed by atoms with Gasteiger partial charge in [-0.1, -0.05) is 12.1 Å². The van der Waals surface area contributed by atoms with Crippen LogP contribution in [0.25, 0.3) is 11.0 Å². The summed E-state index contributed by atoms with van der Waals surface area (Å²) in [7, 11) is -3.15. The van der Waals surface area contributed by atoms with Gasteiger partial charge in [-0.25, -0.2) is 18.4 Å². The molecule has 3 heterocycles. The van der Waals surface area contributed by atoms with E-state index in [2.05, 4.69) is 32.1 Å². The van der Waals surface area contributed by atoms with Crippen LogP contribution in [-0.2, 0) is 9.84 Å². The number of H-pyrrole nitrogens is 1. The molecule has 1 fully saturated rings. The van der Waals surface area contributed by atoms with Gasteiger partial charge >= 0.3 is 0 Å². The highest BCUT2D eigenvalue weighted by Crippen LogP contribution is 2.27. The van der Waals surface area contributed by atoms with Crippen molar-refractivity contribution in [2.45, 2.75) is 36.7 Å². The number of aromatic nitrogens is 3. The van der Waals surface area contributed by atoms with Crippen molar-refractivity contribution in [2.24, 2.45) is 0 Å². The third kappa shape index (κ3) is 3.88. The first-order chi connectivity index (χ1) is 13.4. The van der Waals surface area contributed by atoms with Crippen LogP contribution < -0.4 is 5.32 Å². The molecule has 28 heavy (non-hydrogen) atoms. The summed E-state index contributed by atoms with van der Waals surface area (Å²) in [6.45, 7) is 4.14. The first kappa shape index (κ1) is 18.9. The lowest BCUT2D eigenvalue weighted by Crippen LogP contribution is -2.40. The van der Waals surface area contributed by atoms with Gasteiger partial charge < -0.3 is 10.3 Å². The summed E-state index contributed by atoms with van der Waals surface area (Å²) in [4.78, 5) is 14.6. The van der Waals surface area contributed by atoms with Crippen LogP contribution >= 0.6 is 0 Å². The first-order valence-corrected chi connectivity index (χ1v) is 11.4. The molecule has 0 bridgehead atoms. The SMILES string of the molecule is CC(c1ccc(S(C)(=O)=O)cc1)N1CCC(Nc2ncnc3[nH]ccc23)CC1. The fourth-order valence-corrected chi connectivity index (χ4v) is 4.45. The monoisotopic (exact) mass is 399 g/mol. The second-order valence-corrected chi connectivity index (χ2v) is 9.45. The molecule has 1 aliphatic rings. The summed E-state index contributed by atoms with van der Waals surface area (Å²) in [5.74, 6) is 0.883. The predicted molar refractivity (Wildman–Crippen MR) is 110 cm³/mol. The zero-order chi connectivity index (χ0) is 19.7. The lowest BCUT2D eigenvalue weighted by Gasteiger charge is -2.36. The normalized spacial score (nSPS) is 17.6. The molecular weight excluding hydrogens is 374 g/mol. The molecule has 0 aliphatic carbocycles. The molecule has 3 aromatic rings. The van der Waals surface area contributed by atoms with Crippen molar-refractivity contribution in [2.75, 3.05) is 24.7 Å². The molecule has 148 valence electrons. The highest BCUT2D eigenvalue weighted by atomic mass is 32.2. The van der Waals surface area contributed by atoms with Crippen LogP contribution in [0.3, 0.4) is 0 Å². The largest absolute Gasteiger partial charge is 0.367 e. The average Bonchev–Trinajstić information content (AvgIpc) is 3.17. The van der Waals surface area contributed by atoms with Gasteiger partial charge in [0.15, 0.2) is 9.84 Å². The van der Waals surface area contributed by atoms with E-state index in [1.54, 1.807) is 18.5 Å². The number of piperidine rings is 1. The van der Waals surface area contributed by atoms with Crippen LogP contribution in [0.1, 0.15) is 31.4 Å². The molecule has 1 saturated heterocycles. The van der Waals surface area contributed by atoms with Crippen LogP contribution in [0.5, 0.6) is 0 Å². The minimum absolute atomic E-state index is 0.255. The number of nitrogens with zero attached hydrogens (tertiary/aromatic N) is 3. The van der Waals surface area contributed by atoms with E-state index in [0.29, 0.717) is 10.9 Å². The number of hydrogen-bond acceptors (Lipinski definition) is 6. The molecule has 8 heteroatoms. The fourth-order valence-electron chi connectivity index (χ4n) is 3.82. The molecule has 0 saturated carbocycles. The number of sulfone groups is 1. The number of nitrogens with one attached hydrogen (secondary N) is 2. The molecule has 1 unspecified atom stereocenters. The maximum absolute atomic E-state index is 11.6. The van der Waals surface area contributed by atoms with Gasteiger partial charge in [-0.15, -0.1) is 0 Å². The Hall–Kier alpha value is -2.45. The van der Waals surface area contributed by atoms with E-state index >= 15 is 0 Å². The Balaban J connectivity index is 1.38. The Labute approximate surface area is 165 Å². The molecule has 1 aromatic carbocycles. The lowest BCUT2D eigenvalue weighted by molar-refractivity contribution is 0.167. The van der Waals surface area contributed by atoms with Gasteiger partial charge in [0.2, 0.25) is 0 Å². The van der Waals surface area contributed by atoms with Crippen LogP contribution in [0.15, 0.2) is 47.8 Å². The molecule has 1 atom stereocenters. The van der Waals surface area contributed by atoms with Gasteiger partial charge in [0.1, 0.15) is 17.8 Å².